The fourth-order valence-corrected chi connectivity index (χ4v) is 2.43. The Bertz CT molecular complexity index is 608. The van der Waals surface area contributed by atoms with Gasteiger partial charge < -0.3 is 5.73 Å². The van der Waals surface area contributed by atoms with Crippen molar-refractivity contribution in [1.82, 2.24) is 0 Å². The van der Waals surface area contributed by atoms with Gasteiger partial charge in [-0.3, -0.25) is 4.79 Å². The second-order valence-corrected chi connectivity index (χ2v) is 4.74. The topological polar surface area (TPSA) is 43.1 Å². The third-order valence-electron chi connectivity index (χ3n) is 2.83. The van der Waals surface area contributed by atoms with Gasteiger partial charge in [-0.15, -0.1) is 0 Å². The highest BCUT2D eigenvalue weighted by Gasteiger charge is 2.27. The van der Waals surface area contributed by atoms with Gasteiger partial charge in [0.2, 0.25) is 5.78 Å². The van der Waals surface area contributed by atoms with Gasteiger partial charge in [0.25, 0.3) is 0 Å². The van der Waals surface area contributed by atoms with Gasteiger partial charge >= 0.3 is 0 Å². The van der Waals surface area contributed by atoms with E-state index in [0.717, 1.165) is 21.2 Å². The maximum absolute atomic E-state index is 11.8. The van der Waals surface area contributed by atoms with Gasteiger partial charge in [0.05, 0.1) is 5.70 Å². The molecule has 0 unspecified atom stereocenters. The van der Waals surface area contributed by atoms with Crippen LogP contribution in [0.2, 0.25) is 0 Å². The summed E-state index contributed by atoms with van der Waals surface area (Å²) in [6, 6.07) is 5.99. The van der Waals surface area contributed by atoms with Crippen LogP contribution in [0.5, 0.6) is 0 Å². The SMILES string of the molecule is NC1=CC=C2C(=Cc3cc(Br)ccc32)C1=O. The van der Waals surface area contributed by atoms with Crippen LogP contribution in [0.4, 0.5) is 0 Å². The lowest BCUT2D eigenvalue weighted by atomic mass is 9.94. The summed E-state index contributed by atoms with van der Waals surface area (Å²) in [6.45, 7) is 0. The molecule has 16 heavy (non-hydrogen) atoms. The molecular weight excluding hydrogens is 266 g/mol. The van der Waals surface area contributed by atoms with Crippen molar-refractivity contribution in [2.45, 2.75) is 0 Å². The van der Waals surface area contributed by atoms with E-state index < -0.39 is 0 Å². The highest BCUT2D eigenvalue weighted by atomic mass is 79.9. The van der Waals surface area contributed by atoms with E-state index in [2.05, 4.69) is 15.9 Å². The molecular formula is C13H8BrNO. The van der Waals surface area contributed by atoms with Crippen molar-refractivity contribution in [2.24, 2.45) is 5.73 Å². The van der Waals surface area contributed by atoms with Crippen molar-refractivity contribution >= 4 is 33.4 Å². The highest BCUT2D eigenvalue weighted by Crippen LogP contribution is 2.39. The Hall–Kier alpha value is -1.61. The number of halogens is 1. The second-order valence-electron chi connectivity index (χ2n) is 3.82. The second kappa shape index (κ2) is 3.19. The predicted molar refractivity (Wildman–Crippen MR) is 67.4 cm³/mol. The molecule has 0 bridgehead atoms. The Morgan fingerprint density at radius 3 is 2.75 bits per heavy atom. The first-order chi connectivity index (χ1) is 7.66. The molecule has 0 saturated carbocycles. The van der Waals surface area contributed by atoms with E-state index in [9.17, 15) is 4.79 Å². The van der Waals surface area contributed by atoms with Crippen LogP contribution in [-0.4, -0.2) is 5.78 Å². The maximum Gasteiger partial charge on any atom is 0.209 e. The Morgan fingerprint density at radius 1 is 1.12 bits per heavy atom. The van der Waals surface area contributed by atoms with Crippen LogP contribution in [0.1, 0.15) is 11.1 Å². The number of Topliss-reactive ketones (excluding diaryl/α,β-unsaturated/α-hetero) is 1. The van der Waals surface area contributed by atoms with Crippen LogP contribution in [0.25, 0.3) is 11.6 Å². The quantitative estimate of drug-likeness (QED) is 0.790. The fourth-order valence-electron chi connectivity index (χ4n) is 2.05. The average molecular weight is 274 g/mol. The van der Waals surface area contributed by atoms with Crippen molar-refractivity contribution in [3.8, 4) is 0 Å². The van der Waals surface area contributed by atoms with Crippen molar-refractivity contribution < 1.29 is 4.79 Å². The summed E-state index contributed by atoms with van der Waals surface area (Å²) in [5.41, 5.74) is 9.75. The molecule has 2 aliphatic rings. The lowest BCUT2D eigenvalue weighted by Crippen LogP contribution is -2.15. The van der Waals surface area contributed by atoms with E-state index in [1.54, 1.807) is 6.08 Å². The standard InChI is InChI=1S/C13H8BrNO/c14-8-1-2-9-7(5-8)6-11-10(9)3-4-12(15)13(11)16/h1-6H,15H2. The molecule has 2 aliphatic carbocycles. The summed E-state index contributed by atoms with van der Waals surface area (Å²) in [7, 11) is 0. The third kappa shape index (κ3) is 1.21. The summed E-state index contributed by atoms with van der Waals surface area (Å²) < 4.78 is 1.01. The van der Waals surface area contributed by atoms with E-state index in [-0.39, 0.29) is 5.78 Å². The molecule has 3 heteroatoms. The molecule has 0 saturated heterocycles. The molecule has 0 aromatic heterocycles. The Kier molecular flexibility index (Phi) is 1.91. The van der Waals surface area contributed by atoms with Crippen LogP contribution in [0.3, 0.4) is 0 Å². The molecule has 1 aromatic rings. The third-order valence-corrected chi connectivity index (χ3v) is 3.32. The molecule has 0 fully saturated rings. The molecule has 0 radical (unpaired) electrons. The number of ketones is 1. The van der Waals surface area contributed by atoms with Crippen LogP contribution in [0.15, 0.2) is 46.1 Å². The summed E-state index contributed by atoms with van der Waals surface area (Å²) in [5.74, 6) is -0.0789. The summed E-state index contributed by atoms with van der Waals surface area (Å²) >= 11 is 3.42. The Morgan fingerprint density at radius 2 is 1.94 bits per heavy atom. The van der Waals surface area contributed by atoms with E-state index in [1.165, 1.54) is 0 Å². The summed E-state index contributed by atoms with van der Waals surface area (Å²) in [5, 5.41) is 0. The van der Waals surface area contributed by atoms with E-state index in [4.69, 9.17) is 5.73 Å². The largest absolute Gasteiger partial charge is 0.396 e. The predicted octanol–water partition coefficient (Wildman–Crippen LogP) is 2.65. The molecule has 0 spiro atoms. The molecule has 2 N–H and O–H groups in total. The van der Waals surface area contributed by atoms with Crippen LogP contribution < -0.4 is 5.73 Å². The number of benzene rings is 1. The van der Waals surface area contributed by atoms with Crippen LogP contribution in [-0.2, 0) is 4.79 Å². The van der Waals surface area contributed by atoms with Crippen LogP contribution >= 0.6 is 15.9 Å². The van der Waals surface area contributed by atoms with E-state index >= 15 is 0 Å². The molecule has 0 heterocycles. The minimum atomic E-state index is -0.0789. The molecule has 0 aliphatic heterocycles. The van der Waals surface area contributed by atoms with Crippen molar-refractivity contribution in [1.29, 1.82) is 0 Å². The number of fused-ring (bicyclic) bond motifs is 3. The minimum Gasteiger partial charge on any atom is -0.396 e. The van der Waals surface area contributed by atoms with Gasteiger partial charge in [-0.2, -0.15) is 0 Å². The van der Waals surface area contributed by atoms with Crippen molar-refractivity contribution in [2.75, 3.05) is 0 Å². The fraction of sp³-hybridized carbons (Fsp3) is 0. The first kappa shape index (κ1) is 9.60. The Balaban J connectivity index is 2.24. The van der Waals surface area contributed by atoms with Gasteiger partial charge in [0, 0.05) is 10.0 Å². The zero-order valence-corrected chi connectivity index (χ0v) is 9.91. The number of nitrogens with two attached hydrogens (primary N) is 1. The zero-order chi connectivity index (χ0) is 11.3. The molecule has 3 rings (SSSR count). The van der Waals surface area contributed by atoms with Gasteiger partial charge in [0.15, 0.2) is 0 Å². The lowest BCUT2D eigenvalue weighted by Gasteiger charge is -2.10. The lowest BCUT2D eigenvalue weighted by molar-refractivity contribution is -0.111. The highest BCUT2D eigenvalue weighted by molar-refractivity contribution is 9.10. The normalized spacial score (nSPS) is 17.3. The molecule has 78 valence electrons. The van der Waals surface area contributed by atoms with E-state index in [1.807, 2.05) is 30.4 Å². The summed E-state index contributed by atoms with van der Waals surface area (Å²) in [6.07, 6.45) is 5.47. The molecule has 2 nitrogen and oxygen atoms in total. The smallest absolute Gasteiger partial charge is 0.209 e. The molecule has 1 aromatic carbocycles. The van der Waals surface area contributed by atoms with E-state index in [0.29, 0.717) is 11.3 Å². The van der Waals surface area contributed by atoms with Crippen LogP contribution in [0, 0.1) is 0 Å². The average Bonchev–Trinajstić information content (AvgIpc) is 2.62. The number of rotatable bonds is 0. The monoisotopic (exact) mass is 273 g/mol. The number of carbonyl (C=O) groups excluding carboxylic acids is 1. The first-order valence-corrected chi connectivity index (χ1v) is 5.70. The van der Waals surface area contributed by atoms with Gasteiger partial charge in [-0.05, 0) is 41.0 Å². The molecule has 0 amide bonds. The van der Waals surface area contributed by atoms with Gasteiger partial charge in [-0.25, -0.2) is 0 Å². The number of allylic oxidation sites excluding steroid dienone is 4. The number of hydrogen-bond acceptors (Lipinski definition) is 2. The molecule has 0 atom stereocenters. The van der Waals surface area contributed by atoms with Gasteiger partial charge in [-0.1, -0.05) is 28.1 Å². The Labute approximate surface area is 101 Å². The van der Waals surface area contributed by atoms with Crippen molar-refractivity contribution in [3.63, 3.8) is 0 Å². The minimum absolute atomic E-state index is 0.0789. The zero-order valence-electron chi connectivity index (χ0n) is 8.33. The maximum atomic E-state index is 11.8. The van der Waals surface area contributed by atoms with Crippen molar-refractivity contribution in [3.05, 3.63) is 57.2 Å². The summed E-state index contributed by atoms with van der Waals surface area (Å²) in [4.78, 5) is 11.8. The number of hydrogen-bond donors (Lipinski definition) is 1. The van der Waals surface area contributed by atoms with Gasteiger partial charge in [0.1, 0.15) is 0 Å². The first-order valence-electron chi connectivity index (χ1n) is 4.91. The number of carbonyl (C=O) groups is 1.